The van der Waals surface area contributed by atoms with Gasteiger partial charge in [-0.1, -0.05) is 63.7 Å². The molecule has 1 aromatic heterocycles. The fraction of sp³-hybridized carbons (Fsp3) is 0.115. The predicted molar refractivity (Wildman–Crippen MR) is 138 cm³/mol. The molecule has 1 fully saturated rings. The van der Waals surface area contributed by atoms with Gasteiger partial charge in [0.2, 0.25) is 0 Å². The van der Waals surface area contributed by atoms with Crippen LogP contribution in [0.15, 0.2) is 76.8 Å². The summed E-state index contributed by atoms with van der Waals surface area (Å²) in [6.45, 7) is 0. The van der Waals surface area contributed by atoms with Crippen molar-refractivity contribution in [3.63, 3.8) is 0 Å². The molecule has 0 spiro atoms. The number of anilines is 1. The number of fused-ring (bicyclic) bond motifs is 1. The van der Waals surface area contributed by atoms with Crippen LogP contribution in [0, 0.1) is 0 Å². The highest BCUT2D eigenvalue weighted by atomic mass is 79.9. The monoisotopic (exact) mass is 550 g/mol. The number of rotatable bonds is 5. The van der Waals surface area contributed by atoms with Crippen molar-refractivity contribution in [1.29, 1.82) is 0 Å². The number of carbonyl (C=O) groups excluding carboxylic acids is 2. The van der Waals surface area contributed by atoms with E-state index >= 15 is 0 Å². The first kappa shape index (κ1) is 23.1. The molecule has 9 heteroatoms. The van der Waals surface area contributed by atoms with Gasteiger partial charge in [0.05, 0.1) is 36.1 Å². The van der Waals surface area contributed by atoms with E-state index in [9.17, 15) is 14.7 Å². The number of amides is 1. The first-order chi connectivity index (χ1) is 16.9. The summed E-state index contributed by atoms with van der Waals surface area (Å²) >= 11 is 4.75. The lowest BCUT2D eigenvalue weighted by molar-refractivity contribution is -0.132. The first-order valence-electron chi connectivity index (χ1n) is 10.6. The van der Waals surface area contributed by atoms with Gasteiger partial charge in [-0.25, -0.2) is 4.98 Å². The molecule has 0 aliphatic carbocycles. The molecule has 1 aliphatic heterocycles. The Morgan fingerprint density at radius 3 is 2.46 bits per heavy atom. The highest BCUT2D eigenvalue weighted by Crippen LogP contribution is 2.46. The van der Waals surface area contributed by atoms with E-state index in [2.05, 4.69) is 20.9 Å². The minimum absolute atomic E-state index is 0.0196. The van der Waals surface area contributed by atoms with Crippen molar-refractivity contribution in [1.82, 2.24) is 4.98 Å². The van der Waals surface area contributed by atoms with Crippen molar-refractivity contribution in [2.45, 2.75) is 6.04 Å². The van der Waals surface area contributed by atoms with Crippen LogP contribution in [0.2, 0.25) is 0 Å². The van der Waals surface area contributed by atoms with Gasteiger partial charge in [0.15, 0.2) is 16.6 Å². The zero-order valence-corrected chi connectivity index (χ0v) is 21.1. The Labute approximate surface area is 213 Å². The van der Waals surface area contributed by atoms with Crippen LogP contribution >= 0.6 is 27.3 Å². The number of aliphatic hydroxyl groups is 1. The highest BCUT2D eigenvalue weighted by Gasteiger charge is 2.48. The van der Waals surface area contributed by atoms with Crippen LogP contribution in [0.1, 0.15) is 17.2 Å². The lowest BCUT2D eigenvalue weighted by Crippen LogP contribution is -2.29. The van der Waals surface area contributed by atoms with E-state index in [0.29, 0.717) is 33.3 Å². The summed E-state index contributed by atoms with van der Waals surface area (Å²) < 4.78 is 12.5. The van der Waals surface area contributed by atoms with E-state index in [1.54, 1.807) is 48.5 Å². The van der Waals surface area contributed by atoms with Gasteiger partial charge in [-0.05, 0) is 35.9 Å². The second-order valence-electron chi connectivity index (χ2n) is 7.76. The summed E-state index contributed by atoms with van der Waals surface area (Å²) in [5.74, 6) is -0.869. The molecule has 1 amide bonds. The summed E-state index contributed by atoms with van der Waals surface area (Å²) in [6, 6.07) is 18.5. The molecular weight excluding hydrogens is 532 g/mol. The fourth-order valence-electron chi connectivity index (χ4n) is 4.11. The molecule has 176 valence electrons. The summed E-state index contributed by atoms with van der Waals surface area (Å²) in [6.07, 6.45) is 0. The minimum atomic E-state index is -0.918. The number of nitrogens with zero attached hydrogens (tertiary/aromatic N) is 2. The smallest absolute Gasteiger partial charge is 0.301 e. The van der Waals surface area contributed by atoms with Gasteiger partial charge in [0.1, 0.15) is 5.76 Å². The van der Waals surface area contributed by atoms with Crippen LogP contribution in [0.4, 0.5) is 5.13 Å². The van der Waals surface area contributed by atoms with Gasteiger partial charge in [-0.15, -0.1) is 0 Å². The second-order valence-corrected chi connectivity index (χ2v) is 9.68. The number of ketones is 1. The third-order valence-corrected chi connectivity index (χ3v) is 7.27. The van der Waals surface area contributed by atoms with Gasteiger partial charge in [0, 0.05) is 10.0 Å². The van der Waals surface area contributed by atoms with Crippen molar-refractivity contribution in [2.24, 2.45) is 0 Å². The number of hydrogen-bond acceptors (Lipinski definition) is 7. The summed E-state index contributed by atoms with van der Waals surface area (Å²) in [5, 5.41) is 11.6. The number of benzene rings is 3. The third kappa shape index (κ3) is 3.96. The Morgan fingerprint density at radius 1 is 1.00 bits per heavy atom. The number of halogens is 1. The van der Waals surface area contributed by atoms with Gasteiger partial charge in [-0.2, -0.15) is 0 Å². The standard InChI is InChI=1S/C26H19BrN2O5S/c1-33-18-11-8-15(12-19(18)34-2)22-21(23(30)14-6-4-3-5-7-14)24(31)25(32)29(22)26-28-17-10-9-16(27)13-20(17)35-26/h3-13,22,30H,1-2H3/b23-21-. The number of methoxy groups -OCH3 is 2. The Balaban J connectivity index is 1.75. The van der Waals surface area contributed by atoms with Gasteiger partial charge in [0.25, 0.3) is 5.78 Å². The number of ether oxygens (including phenoxy) is 2. The number of aromatic nitrogens is 1. The van der Waals surface area contributed by atoms with Gasteiger partial charge in [-0.3, -0.25) is 14.5 Å². The molecular formula is C26H19BrN2O5S. The van der Waals surface area contributed by atoms with Crippen LogP contribution < -0.4 is 14.4 Å². The van der Waals surface area contributed by atoms with E-state index < -0.39 is 17.7 Å². The van der Waals surface area contributed by atoms with E-state index in [4.69, 9.17) is 9.47 Å². The molecule has 1 aliphatic rings. The van der Waals surface area contributed by atoms with Gasteiger partial charge < -0.3 is 14.6 Å². The number of Topliss-reactive ketones (excluding diaryl/α,β-unsaturated/α-hetero) is 1. The predicted octanol–water partition coefficient (Wildman–Crippen LogP) is 5.70. The molecule has 2 heterocycles. The van der Waals surface area contributed by atoms with Crippen LogP contribution in [-0.4, -0.2) is 36.0 Å². The van der Waals surface area contributed by atoms with E-state index in [1.807, 2.05) is 18.2 Å². The van der Waals surface area contributed by atoms with Crippen molar-refractivity contribution >= 4 is 60.1 Å². The van der Waals surface area contributed by atoms with Crippen molar-refractivity contribution in [3.8, 4) is 11.5 Å². The van der Waals surface area contributed by atoms with Crippen molar-refractivity contribution in [2.75, 3.05) is 19.1 Å². The second kappa shape index (κ2) is 9.16. The van der Waals surface area contributed by atoms with E-state index in [1.165, 1.54) is 30.5 Å². The van der Waals surface area contributed by atoms with Crippen LogP contribution in [0.5, 0.6) is 11.5 Å². The SMILES string of the molecule is COc1ccc(C2/C(=C(/O)c3ccccc3)C(=O)C(=O)N2c2nc3ccc(Br)cc3s2)cc1OC. The topological polar surface area (TPSA) is 89.0 Å². The molecule has 5 rings (SSSR count). The van der Waals surface area contributed by atoms with E-state index in [-0.39, 0.29) is 11.3 Å². The lowest BCUT2D eigenvalue weighted by atomic mass is 9.95. The van der Waals surface area contributed by atoms with Crippen LogP contribution in [-0.2, 0) is 9.59 Å². The zero-order chi connectivity index (χ0) is 24.7. The molecule has 3 aromatic carbocycles. The third-order valence-electron chi connectivity index (χ3n) is 5.76. The minimum Gasteiger partial charge on any atom is -0.507 e. The largest absolute Gasteiger partial charge is 0.507 e. The Morgan fingerprint density at radius 2 is 1.74 bits per heavy atom. The molecule has 1 saturated heterocycles. The van der Waals surface area contributed by atoms with E-state index in [0.717, 1.165) is 9.17 Å². The first-order valence-corrected chi connectivity index (χ1v) is 12.2. The highest BCUT2D eigenvalue weighted by molar-refractivity contribution is 9.10. The average molecular weight is 551 g/mol. The number of aliphatic hydroxyl groups excluding tert-OH is 1. The molecule has 35 heavy (non-hydrogen) atoms. The van der Waals surface area contributed by atoms with Gasteiger partial charge >= 0.3 is 5.91 Å². The fourth-order valence-corrected chi connectivity index (χ4v) is 5.65. The quantitative estimate of drug-likeness (QED) is 0.195. The normalized spacial score (nSPS) is 17.2. The molecule has 4 aromatic rings. The van der Waals surface area contributed by atoms with Crippen molar-refractivity contribution < 1.29 is 24.2 Å². The maximum Gasteiger partial charge on any atom is 0.301 e. The number of carbonyl (C=O) groups is 2. The molecule has 0 saturated carbocycles. The zero-order valence-electron chi connectivity index (χ0n) is 18.7. The Kier molecular flexibility index (Phi) is 6.04. The molecule has 0 radical (unpaired) electrons. The summed E-state index contributed by atoms with van der Waals surface area (Å²) in [5.41, 5.74) is 1.68. The summed E-state index contributed by atoms with van der Waals surface area (Å²) in [7, 11) is 3.03. The summed E-state index contributed by atoms with van der Waals surface area (Å²) in [4.78, 5) is 32.7. The Bertz CT molecular complexity index is 1500. The molecule has 1 unspecified atom stereocenters. The van der Waals surface area contributed by atoms with Crippen LogP contribution in [0.25, 0.3) is 16.0 Å². The average Bonchev–Trinajstić information content (AvgIpc) is 3.41. The molecule has 0 bridgehead atoms. The maximum absolute atomic E-state index is 13.4. The number of thiazole rings is 1. The van der Waals surface area contributed by atoms with Crippen molar-refractivity contribution in [3.05, 3.63) is 87.9 Å². The Hall–Kier alpha value is -3.69. The molecule has 7 nitrogen and oxygen atoms in total. The van der Waals surface area contributed by atoms with Crippen LogP contribution in [0.3, 0.4) is 0 Å². The molecule has 1 atom stereocenters. The number of hydrogen-bond donors (Lipinski definition) is 1. The lowest BCUT2D eigenvalue weighted by Gasteiger charge is -2.23. The maximum atomic E-state index is 13.4. The molecule has 1 N–H and O–H groups in total.